The second-order valence-electron chi connectivity index (χ2n) is 8.52. The van der Waals surface area contributed by atoms with Crippen molar-refractivity contribution in [3.8, 4) is 0 Å². The molecule has 34 heavy (non-hydrogen) atoms. The highest BCUT2D eigenvalue weighted by Gasteiger charge is 2.20. The molecule has 0 aromatic rings. The van der Waals surface area contributed by atoms with E-state index in [0.717, 1.165) is 70.8 Å². The highest BCUT2D eigenvalue weighted by molar-refractivity contribution is 5.85. The summed E-state index contributed by atoms with van der Waals surface area (Å²) in [6.45, 7) is 3.05. The van der Waals surface area contributed by atoms with Crippen LogP contribution in [-0.2, 0) is 14.3 Å². The number of hydrogen-bond acceptors (Lipinski definition) is 8. The second-order valence-corrected chi connectivity index (χ2v) is 8.52. The molecule has 9 N–H and O–H groups in total. The number of hydrogen-bond donors (Lipinski definition) is 6. The number of unbranched alkanes of at least 4 members (excludes halogenated alkanes) is 7. The van der Waals surface area contributed by atoms with Crippen molar-refractivity contribution in [2.75, 3.05) is 52.4 Å². The van der Waals surface area contributed by atoms with Gasteiger partial charge < -0.3 is 42.6 Å². The minimum atomic E-state index is -1.39. The zero-order valence-corrected chi connectivity index (χ0v) is 20.8. The summed E-state index contributed by atoms with van der Waals surface area (Å²) in [7, 11) is 0. The lowest BCUT2D eigenvalue weighted by Gasteiger charge is -2.24. The van der Waals surface area contributed by atoms with Gasteiger partial charge in [0.05, 0.1) is 19.1 Å². The molecule has 1 atom stereocenters. The molecule has 11 heteroatoms. The van der Waals surface area contributed by atoms with E-state index in [-0.39, 0.29) is 31.5 Å². The number of nitrogens with two attached hydrogens (primary N) is 3. The third kappa shape index (κ3) is 19.5. The first-order chi connectivity index (χ1) is 16.4. The average molecular weight is 489 g/mol. The van der Waals surface area contributed by atoms with E-state index in [9.17, 15) is 14.4 Å². The Kier molecular flexibility index (Phi) is 21.5. The molecular formula is C23H48N6O5. The quantitative estimate of drug-likeness (QED) is 0.0891. The van der Waals surface area contributed by atoms with Crippen LogP contribution in [0.3, 0.4) is 0 Å². The Bertz CT molecular complexity index is 538. The number of nitrogens with one attached hydrogen (secondary N) is 2. The monoisotopic (exact) mass is 488 g/mol. The smallest absolute Gasteiger partial charge is 0.450 e. The summed E-state index contributed by atoms with van der Waals surface area (Å²) in [5.74, 6) is -0.455. The van der Waals surface area contributed by atoms with Crippen LogP contribution in [0.25, 0.3) is 0 Å². The van der Waals surface area contributed by atoms with E-state index in [2.05, 4.69) is 15.4 Å². The summed E-state index contributed by atoms with van der Waals surface area (Å²) in [6.07, 6.45) is 8.45. The highest BCUT2D eigenvalue weighted by Crippen LogP contribution is 2.06. The standard InChI is InChI=1S/C23H48N6O5/c24-12-6-2-1-3-10-16-29(22(31)17-27-15-9-4-7-13-25)18-21(30)28-20(11-5-8-14-26)19-34-23(32)33/h20,27H,1-19,24-26H2,(H,28,30)(H,32,33)/t20-/m1/s1. The maximum atomic E-state index is 12.8. The first-order valence-electron chi connectivity index (χ1n) is 12.7. The number of nitrogens with zero attached hydrogens (tertiary/aromatic N) is 1. The highest BCUT2D eigenvalue weighted by atomic mass is 16.7. The molecule has 0 aromatic carbocycles. The van der Waals surface area contributed by atoms with Gasteiger partial charge >= 0.3 is 6.16 Å². The summed E-state index contributed by atoms with van der Waals surface area (Å²) >= 11 is 0. The molecule has 0 fully saturated rings. The molecular weight excluding hydrogens is 440 g/mol. The molecule has 0 aromatic heterocycles. The van der Waals surface area contributed by atoms with E-state index < -0.39 is 12.2 Å². The van der Waals surface area contributed by atoms with Gasteiger partial charge in [-0.05, 0) is 64.7 Å². The minimum Gasteiger partial charge on any atom is -0.450 e. The van der Waals surface area contributed by atoms with Gasteiger partial charge in [-0.3, -0.25) is 9.59 Å². The van der Waals surface area contributed by atoms with Crippen LogP contribution in [0, 0.1) is 0 Å². The molecule has 0 aliphatic carbocycles. The number of carboxylic acid groups (broad SMARTS) is 1. The van der Waals surface area contributed by atoms with Crippen molar-refractivity contribution in [3.05, 3.63) is 0 Å². The predicted molar refractivity (Wildman–Crippen MR) is 133 cm³/mol. The SMILES string of the molecule is NCCCCCCCN(CC(=O)N[C@H](CCCCN)COC(=O)O)C(=O)CNCCCCCN. The summed E-state index contributed by atoms with van der Waals surface area (Å²) in [5, 5.41) is 14.7. The number of amides is 2. The van der Waals surface area contributed by atoms with Crippen molar-refractivity contribution in [1.29, 1.82) is 0 Å². The molecule has 0 spiro atoms. The Morgan fingerprint density at radius 1 is 0.824 bits per heavy atom. The fraction of sp³-hybridized carbons (Fsp3) is 0.870. The zero-order valence-electron chi connectivity index (χ0n) is 20.8. The topological polar surface area (TPSA) is 186 Å². The van der Waals surface area contributed by atoms with Crippen LogP contribution in [0.15, 0.2) is 0 Å². The van der Waals surface area contributed by atoms with Crippen LogP contribution in [0.4, 0.5) is 4.79 Å². The van der Waals surface area contributed by atoms with Gasteiger partial charge in [-0.1, -0.05) is 32.1 Å². The van der Waals surface area contributed by atoms with Gasteiger partial charge in [-0.25, -0.2) is 4.79 Å². The van der Waals surface area contributed by atoms with Crippen molar-refractivity contribution in [2.45, 2.75) is 76.7 Å². The summed E-state index contributed by atoms with van der Waals surface area (Å²) in [6, 6.07) is -0.455. The van der Waals surface area contributed by atoms with E-state index in [1.807, 2.05) is 0 Å². The number of ether oxygens (including phenoxy) is 1. The molecule has 0 radical (unpaired) electrons. The third-order valence-corrected chi connectivity index (χ3v) is 5.43. The maximum absolute atomic E-state index is 12.8. The van der Waals surface area contributed by atoms with E-state index in [0.29, 0.717) is 32.6 Å². The fourth-order valence-electron chi connectivity index (χ4n) is 3.50. The predicted octanol–water partition coefficient (Wildman–Crippen LogP) is 0.751. The average Bonchev–Trinajstić information content (AvgIpc) is 2.81. The van der Waals surface area contributed by atoms with Gasteiger partial charge in [0.25, 0.3) is 0 Å². The minimum absolute atomic E-state index is 0.0725. The number of carbonyl (C=O) groups excluding carboxylic acids is 2. The first kappa shape index (κ1) is 32.0. The molecule has 0 bridgehead atoms. The molecule has 0 saturated carbocycles. The third-order valence-electron chi connectivity index (χ3n) is 5.43. The Hall–Kier alpha value is -1.95. The molecule has 0 heterocycles. The van der Waals surface area contributed by atoms with Gasteiger partial charge in [-0.2, -0.15) is 0 Å². The van der Waals surface area contributed by atoms with Crippen molar-refractivity contribution >= 4 is 18.0 Å². The Balaban J connectivity index is 4.75. The maximum Gasteiger partial charge on any atom is 0.505 e. The molecule has 0 aliphatic rings. The molecule has 0 saturated heterocycles. The van der Waals surface area contributed by atoms with Crippen LogP contribution < -0.4 is 27.8 Å². The molecule has 0 unspecified atom stereocenters. The van der Waals surface area contributed by atoms with Crippen LogP contribution in [-0.4, -0.2) is 86.4 Å². The van der Waals surface area contributed by atoms with Crippen molar-refractivity contribution in [3.63, 3.8) is 0 Å². The largest absolute Gasteiger partial charge is 0.505 e. The normalized spacial score (nSPS) is 11.7. The molecule has 2 amide bonds. The number of carbonyl (C=O) groups is 3. The van der Waals surface area contributed by atoms with Crippen LogP contribution >= 0.6 is 0 Å². The molecule has 0 aliphatic heterocycles. The summed E-state index contributed by atoms with van der Waals surface area (Å²) < 4.78 is 4.66. The second kappa shape index (κ2) is 22.8. The van der Waals surface area contributed by atoms with Gasteiger partial charge in [-0.15, -0.1) is 0 Å². The lowest BCUT2D eigenvalue weighted by atomic mass is 10.1. The Morgan fingerprint density at radius 3 is 2.06 bits per heavy atom. The van der Waals surface area contributed by atoms with Crippen LogP contribution in [0.5, 0.6) is 0 Å². The molecule has 200 valence electrons. The van der Waals surface area contributed by atoms with Crippen molar-refractivity contribution in [2.24, 2.45) is 17.2 Å². The van der Waals surface area contributed by atoms with Gasteiger partial charge in [0.15, 0.2) is 0 Å². The van der Waals surface area contributed by atoms with E-state index in [4.69, 9.17) is 22.3 Å². The van der Waals surface area contributed by atoms with Gasteiger partial charge in [0, 0.05) is 6.54 Å². The fourth-order valence-corrected chi connectivity index (χ4v) is 3.50. The van der Waals surface area contributed by atoms with E-state index in [1.54, 1.807) is 4.90 Å². The van der Waals surface area contributed by atoms with Gasteiger partial charge in [0.2, 0.25) is 11.8 Å². The lowest BCUT2D eigenvalue weighted by Crippen LogP contribution is -2.48. The van der Waals surface area contributed by atoms with Gasteiger partial charge in [0.1, 0.15) is 6.61 Å². The van der Waals surface area contributed by atoms with E-state index >= 15 is 0 Å². The lowest BCUT2D eigenvalue weighted by molar-refractivity contribution is -0.135. The molecule has 11 nitrogen and oxygen atoms in total. The van der Waals surface area contributed by atoms with E-state index in [1.165, 1.54) is 0 Å². The summed E-state index contributed by atoms with van der Waals surface area (Å²) in [4.78, 5) is 37.8. The number of rotatable bonds is 23. The van der Waals surface area contributed by atoms with Crippen LogP contribution in [0.1, 0.15) is 70.6 Å². The first-order valence-corrected chi connectivity index (χ1v) is 12.7. The summed E-state index contributed by atoms with van der Waals surface area (Å²) in [5.41, 5.74) is 16.5. The zero-order chi connectivity index (χ0) is 25.4. The van der Waals surface area contributed by atoms with Crippen molar-refractivity contribution < 1.29 is 24.2 Å². The Labute approximate surface area is 204 Å². The molecule has 0 rings (SSSR count). The Morgan fingerprint density at radius 2 is 1.41 bits per heavy atom. The van der Waals surface area contributed by atoms with Crippen LogP contribution in [0.2, 0.25) is 0 Å². The van der Waals surface area contributed by atoms with Crippen molar-refractivity contribution in [1.82, 2.24) is 15.5 Å².